The van der Waals surface area contributed by atoms with Gasteiger partial charge < -0.3 is 15.5 Å². The maximum absolute atomic E-state index is 14.0. The number of halogens is 1. The number of hydrogen-bond donors (Lipinski definition) is 2. The molecular formula is C15H22FN3O. The van der Waals surface area contributed by atoms with Crippen molar-refractivity contribution >= 4 is 5.70 Å². The Morgan fingerprint density at radius 1 is 1.50 bits per heavy atom. The van der Waals surface area contributed by atoms with Crippen LogP contribution in [0, 0.1) is 5.82 Å². The lowest BCUT2D eigenvalue weighted by Crippen LogP contribution is -2.37. The van der Waals surface area contributed by atoms with Crippen LogP contribution in [-0.2, 0) is 4.74 Å². The number of nitrogens with zero attached hydrogens (tertiary/aromatic N) is 1. The zero-order valence-electron chi connectivity index (χ0n) is 12.0. The molecule has 1 aliphatic heterocycles. The van der Waals surface area contributed by atoms with Gasteiger partial charge in [0.05, 0.1) is 18.3 Å². The van der Waals surface area contributed by atoms with Crippen molar-refractivity contribution < 1.29 is 9.13 Å². The van der Waals surface area contributed by atoms with Gasteiger partial charge in [-0.2, -0.15) is 0 Å². The fourth-order valence-corrected chi connectivity index (χ4v) is 2.27. The van der Waals surface area contributed by atoms with Crippen LogP contribution in [0.4, 0.5) is 4.39 Å². The van der Waals surface area contributed by atoms with Crippen LogP contribution >= 0.6 is 0 Å². The van der Waals surface area contributed by atoms with E-state index in [1.807, 2.05) is 19.9 Å². The fourth-order valence-electron chi connectivity index (χ4n) is 2.27. The van der Waals surface area contributed by atoms with Gasteiger partial charge in [-0.25, -0.2) is 10.2 Å². The highest BCUT2D eigenvalue weighted by Crippen LogP contribution is 2.22. The molecule has 0 amide bonds. The van der Waals surface area contributed by atoms with E-state index in [-0.39, 0.29) is 17.8 Å². The van der Waals surface area contributed by atoms with Crippen LogP contribution in [0.3, 0.4) is 0 Å². The Balaban J connectivity index is 2.15. The third-order valence-corrected chi connectivity index (χ3v) is 3.57. The molecule has 1 aromatic carbocycles. The Morgan fingerprint density at radius 3 is 2.80 bits per heavy atom. The van der Waals surface area contributed by atoms with Crippen molar-refractivity contribution in [2.24, 2.45) is 11.6 Å². The highest BCUT2D eigenvalue weighted by Gasteiger charge is 2.19. The summed E-state index contributed by atoms with van der Waals surface area (Å²) in [7, 11) is 0. The van der Waals surface area contributed by atoms with Crippen LogP contribution in [-0.4, -0.2) is 24.3 Å². The molecule has 0 saturated carbocycles. The second-order valence-electron chi connectivity index (χ2n) is 5.44. The summed E-state index contributed by atoms with van der Waals surface area (Å²) in [5.41, 5.74) is 7.77. The summed E-state index contributed by atoms with van der Waals surface area (Å²) in [5, 5.41) is 1.55. The molecule has 1 heterocycles. The lowest BCUT2D eigenvalue weighted by Gasteiger charge is -2.21. The lowest BCUT2D eigenvalue weighted by atomic mass is 10.00. The van der Waals surface area contributed by atoms with Crippen LogP contribution in [0.1, 0.15) is 37.3 Å². The number of rotatable bonds is 4. The van der Waals surface area contributed by atoms with Crippen molar-refractivity contribution in [2.75, 3.05) is 13.2 Å². The molecule has 5 heteroatoms. The first-order chi connectivity index (χ1) is 9.49. The zero-order valence-corrected chi connectivity index (χ0v) is 12.0. The monoisotopic (exact) mass is 279 g/mol. The first-order valence-electron chi connectivity index (χ1n) is 6.87. The normalized spacial score (nSPS) is 19.6. The topological polar surface area (TPSA) is 64.5 Å². The fraction of sp³-hybridized carbons (Fsp3) is 0.467. The van der Waals surface area contributed by atoms with Gasteiger partial charge in [0, 0.05) is 18.4 Å². The minimum atomic E-state index is -0.235. The van der Waals surface area contributed by atoms with Gasteiger partial charge >= 0.3 is 0 Å². The van der Waals surface area contributed by atoms with Crippen molar-refractivity contribution in [3.8, 4) is 0 Å². The molecule has 0 spiro atoms. The molecule has 0 radical (unpaired) electrons. The third kappa shape index (κ3) is 3.29. The van der Waals surface area contributed by atoms with Crippen molar-refractivity contribution in [1.82, 2.24) is 5.01 Å². The van der Waals surface area contributed by atoms with Crippen LogP contribution in [0.5, 0.6) is 0 Å². The van der Waals surface area contributed by atoms with Crippen molar-refractivity contribution in [2.45, 2.75) is 32.2 Å². The van der Waals surface area contributed by atoms with Gasteiger partial charge in [-0.1, -0.05) is 26.0 Å². The Kier molecular flexibility index (Phi) is 4.62. The zero-order chi connectivity index (χ0) is 14.7. The summed E-state index contributed by atoms with van der Waals surface area (Å²) < 4.78 is 19.2. The van der Waals surface area contributed by atoms with E-state index in [9.17, 15) is 4.39 Å². The molecule has 20 heavy (non-hydrogen) atoms. The Labute approximate surface area is 119 Å². The maximum atomic E-state index is 14.0. The molecule has 0 bridgehead atoms. The van der Waals surface area contributed by atoms with Gasteiger partial charge in [-0.3, -0.25) is 0 Å². The molecule has 0 aromatic heterocycles. The number of nitrogens with two attached hydrogens (primary N) is 2. The number of ether oxygens (including phenoxy) is 1. The van der Waals surface area contributed by atoms with Crippen molar-refractivity contribution in [1.29, 1.82) is 0 Å². The molecule has 110 valence electrons. The SMILES string of the molecule is CC(C)c1ccc(/C(N)=C/N(N)C2CCOC2)cc1F. The molecule has 1 atom stereocenters. The Morgan fingerprint density at radius 2 is 2.25 bits per heavy atom. The summed E-state index contributed by atoms with van der Waals surface area (Å²) in [6.07, 6.45) is 2.52. The van der Waals surface area contributed by atoms with E-state index >= 15 is 0 Å². The van der Waals surface area contributed by atoms with E-state index in [4.69, 9.17) is 16.3 Å². The quantitative estimate of drug-likeness (QED) is 0.655. The smallest absolute Gasteiger partial charge is 0.127 e. The standard InChI is InChI=1S/C15H22FN3O/c1-10(2)13-4-3-11(7-14(13)16)15(17)8-19(18)12-5-6-20-9-12/h3-4,7-8,10,12H,5-6,9,17-18H2,1-2H3/b15-8-. The largest absolute Gasteiger partial charge is 0.397 e. The highest BCUT2D eigenvalue weighted by molar-refractivity contribution is 5.62. The molecular weight excluding hydrogens is 257 g/mol. The van der Waals surface area contributed by atoms with Gasteiger partial charge in [-0.15, -0.1) is 0 Å². The second-order valence-corrected chi connectivity index (χ2v) is 5.44. The molecule has 4 nitrogen and oxygen atoms in total. The molecule has 4 N–H and O–H groups in total. The van der Waals surface area contributed by atoms with E-state index in [0.717, 1.165) is 6.42 Å². The Bertz CT molecular complexity index is 496. The van der Waals surface area contributed by atoms with E-state index < -0.39 is 0 Å². The van der Waals surface area contributed by atoms with Gasteiger partial charge in [0.25, 0.3) is 0 Å². The van der Waals surface area contributed by atoms with E-state index in [0.29, 0.717) is 30.0 Å². The second kappa shape index (κ2) is 6.24. The van der Waals surface area contributed by atoms with Crippen LogP contribution in [0.2, 0.25) is 0 Å². The average Bonchev–Trinajstić information content (AvgIpc) is 2.91. The number of hydrogen-bond acceptors (Lipinski definition) is 4. The molecule has 0 aliphatic carbocycles. The summed E-state index contributed by atoms with van der Waals surface area (Å²) >= 11 is 0. The minimum Gasteiger partial charge on any atom is -0.397 e. The minimum absolute atomic E-state index is 0.133. The third-order valence-electron chi connectivity index (χ3n) is 3.57. The van der Waals surface area contributed by atoms with Gasteiger partial charge in [-0.05, 0) is 24.0 Å². The van der Waals surface area contributed by atoms with Crippen molar-refractivity contribution in [3.05, 3.63) is 41.3 Å². The van der Waals surface area contributed by atoms with Crippen LogP contribution in [0.15, 0.2) is 24.4 Å². The molecule has 1 aromatic rings. The lowest BCUT2D eigenvalue weighted by molar-refractivity contribution is 0.168. The van der Waals surface area contributed by atoms with Gasteiger partial charge in [0.15, 0.2) is 0 Å². The molecule has 1 fully saturated rings. The maximum Gasteiger partial charge on any atom is 0.127 e. The van der Waals surface area contributed by atoms with Crippen LogP contribution < -0.4 is 11.6 Å². The van der Waals surface area contributed by atoms with E-state index in [1.54, 1.807) is 17.3 Å². The van der Waals surface area contributed by atoms with E-state index in [2.05, 4.69) is 0 Å². The molecule has 1 aliphatic rings. The van der Waals surface area contributed by atoms with E-state index in [1.165, 1.54) is 6.07 Å². The van der Waals surface area contributed by atoms with Crippen LogP contribution in [0.25, 0.3) is 5.70 Å². The van der Waals surface area contributed by atoms with Gasteiger partial charge in [0.2, 0.25) is 0 Å². The highest BCUT2D eigenvalue weighted by atomic mass is 19.1. The first kappa shape index (κ1) is 14.8. The summed E-state index contributed by atoms with van der Waals surface area (Å²) in [6, 6.07) is 5.19. The first-order valence-corrected chi connectivity index (χ1v) is 6.87. The Hall–Kier alpha value is -1.59. The summed E-state index contributed by atoms with van der Waals surface area (Å²) in [5.74, 6) is 5.85. The number of hydrazine groups is 1. The van der Waals surface area contributed by atoms with Crippen molar-refractivity contribution in [3.63, 3.8) is 0 Å². The number of benzene rings is 1. The molecule has 1 saturated heterocycles. The predicted octanol–water partition coefficient (Wildman–Crippen LogP) is 2.17. The molecule has 2 rings (SSSR count). The summed E-state index contributed by atoms with van der Waals surface area (Å²) in [6.45, 7) is 5.22. The van der Waals surface area contributed by atoms with Gasteiger partial charge in [0.1, 0.15) is 5.82 Å². The molecule has 1 unspecified atom stereocenters. The predicted molar refractivity (Wildman–Crippen MR) is 77.9 cm³/mol. The average molecular weight is 279 g/mol. The summed E-state index contributed by atoms with van der Waals surface area (Å²) in [4.78, 5) is 0.